The molecule has 9 heavy (non-hydrogen) atoms. The molecule has 0 aliphatic rings. The minimum Gasteiger partial charge on any atom is -0.367 e. The molecule has 0 atom stereocenters. The van der Waals surface area contributed by atoms with Gasteiger partial charge in [0, 0.05) is 0 Å². The third-order valence-electron chi connectivity index (χ3n) is 0.978. The van der Waals surface area contributed by atoms with Crippen LogP contribution in [0.4, 0.5) is 5.88 Å². The van der Waals surface area contributed by atoms with Crippen molar-refractivity contribution in [1.82, 2.24) is 5.16 Å². The van der Waals surface area contributed by atoms with E-state index < -0.39 is 0 Å². The fourth-order valence-corrected chi connectivity index (χ4v) is 0.513. The first-order valence-electron chi connectivity index (χ1n) is 2.43. The van der Waals surface area contributed by atoms with Crippen molar-refractivity contribution in [3.05, 3.63) is 11.8 Å². The van der Waals surface area contributed by atoms with Gasteiger partial charge in [-0.1, -0.05) is 5.16 Å². The number of hydrogen-bond donors (Lipinski definition) is 1. The van der Waals surface area contributed by atoms with Gasteiger partial charge in [0.25, 0.3) is 0 Å². The lowest BCUT2D eigenvalue weighted by molar-refractivity contribution is 0.101. The average Bonchev–Trinajstić information content (AvgIpc) is 2.13. The Labute approximate surface area is 51.6 Å². The zero-order chi connectivity index (χ0) is 6.85. The molecule has 0 radical (unpaired) electrons. The van der Waals surface area contributed by atoms with Crippen LogP contribution in [0.1, 0.15) is 17.3 Å². The predicted molar refractivity (Wildman–Crippen MR) is 30.9 cm³/mol. The highest BCUT2D eigenvalue weighted by molar-refractivity contribution is 5.97. The average molecular weight is 126 g/mol. The minimum absolute atomic E-state index is 0.0856. The van der Waals surface area contributed by atoms with Gasteiger partial charge in [-0.3, -0.25) is 4.79 Å². The minimum atomic E-state index is -0.131. The fraction of sp³-hybridized carbons (Fsp3) is 0.200. The standard InChI is InChI=1S/C5H6N2O2/c1-3(8)4-2-7-9-5(4)6/h2H,6H2,1H3. The molecule has 2 N–H and O–H groups in total. The van der Waals surface area contributed by atoms with E-state index in [1.54, 1.807) is 0 Å². The van der Waals surface area contributed by atoms with Crippen LogP contribution in [-0.4, -0.2) is 10.9 Å². The van der Waals surface area contributed by atoms with Crippen molar-refractivity contribution in [3.63, 3.8) is 0 Å². The first-order chi connectivity index (χ1) is 4.22. The van der Waals surface area contributed by atoms with E-state index in [9.17, 15) is 4.79 Å². The Balaban J connectivity index is 3.08. The molecule has 0 saturated carbocycles. The van der Waals surface area contributed by atoms with Crippen molar-refractivity contribution < 1.29 is 9.32 Å². The van der Waals surface area contributed by atoms with E-state index in [4.69, 9.17) is 5.73 Å². The van der Waals surface area contributed by atoms with Crippen LogP contribution in [0.5, 0.6) is 0 Å². The molecule has 4 nitrogen and oxygen atoms in total. The van der Waals surface area contributed by atoms with Crippen LogP contribution in [0.3, 0.4) is 0 Å². The fourth-order valence-electron chi connectivity index (χ4n) is 0.513. The van der Waals surface area contributed by atoms with Gasteiger partial charge < -0.3 is 10.3 Å². The number of aromatic nitrogens is 1. The second kappa shape index (κ2) is 1.89. The quantitative estimate of drug-likeness (QED) is 0.555. The highest BCUT2D eigenvalue weighted by Crippen LogP contribution is 2.08. The molecular formula is C5H6N2O2. The van der Waals surface area contributed by atoms with Gasteiger partial charge in [-0.25, -0.2) is 0 Å². The molecule has 0 spiro atoms. The topological polar surface area (TPSA) is 69.1 Å². The summed E-state index contributed by atoms with van der Waals surface area (Å²) in [6.07, 6.45) is 1.30. The van der Waals surface area contributed by atoms with Gasteiger partial charge in [-0.15, -0.1) is 0 Å². The summed E-state index contributed by atoms with van der Waals surface area (Å²) in [5, 5.41) is 3.32. The molecule has 1 rings (SSSR count). The lowest BCUT2D eigenvalue weighted by atomic mass is 10.2. The molecule has 48 valence electrons. The van der Waals surface area contributed by atoms with Gasteiger partial charge in [-0.05, 0) is 6.92 Å². The van der Waals surface area contributed by atoms with Crippen LogP contribution < -0.4 is 5.73 Å². The number of hydrogen-bond acceptors (Lipinski definition) is 4. The third kappa shape index (κ3) is 0.910. The summed E-state index contributed by atoms with van der Waals surface area (Å²) in [5.41, 5.74) is 5.53. The van der Waals surface area contributed by atoms with Crippen molar-refractivity contribution in [2.45, 2.75) is 6.92 Å². The maximum Gasteiger partial charge on any atom is 0.232 e. The van der Waals surface area contributed by atoms with Crippen LogP contribution in [0.2, 0.25) is 0 Å². The SMILES string of the molecule is CC(=O)c1cnoc1N. The molecule has 0 fully saturated rings. The number of rotatable bonds is 1. The number of nitrogens with two attached hydrogens (primary N) is 1. The molecule has 4 heteroatoms. The van der Waals surface area contributed by atoms with Crippen molar-refractivity contribution in [1.29, 1.82) is 0 Å². The summed E-state index contributed by atoms with van der Waals surface area (Å²) < 4.78 is 4.43. The summed E-state index contributed by atoms with van der Waals surface area (Å²) in [4.78, 5) is 10.5. The van der Waals surface area contributed by atoms with E-state index >= 15 is 0 Å². The highest BCUT2D eigenvalue weighted by Gasteiger charge is 2.06. The molecule has 0 aliphatic carbocycles. The van der Waals surface area contributed by atoms with Crippen molar-refractivity contribution >= 4 is 11.7 Å². The third-order valence-corrected chi connectivity index (χ3v) is 0.978. The number of ketones is 1. The Hall–Kier alpha value is -1.32. The maximum absolute atomic E-state index is 10.5. The number of nitrogens with zero attached hydrogens (tertiary/aromatic N) is 1. The number of Topliss-reactive ketones (excluding diaryl/α,β-unsaturated/α-hetero) is 1. The van der Waals surface area contributed by atoms with Crippen LogP contribution in [0.25, 0.3) is 0 Å². The number of anilines is 1. The summed E-state index contributed by atoms with van der Waals surface area (Å²) in [7, 11) is 0. The first kappa shape index (κ1) is 5.81. The first-order valence-corrected chi connectivity index (χ1v) is 2.43. The Bertz CT molecular complexity index is 229. The summed E-state index contributed by atoms with van der Waals surface area (Å²) >= 11 is 0. The van der Waals surface area contributed by atoms with Gasteiger partial charge in [0.15, 0.2) is 5.78 Å². The van der Waals surface area contributed by atoms with E-state index in [2.05, 4.69) is 9.68 Å². The molecule has 0 aromatic carbocycles. The summed E-state index contributed by atoms with van der Waals surface area (Å²) in [5.74, 6) is -0.0451. The Kier molecular flexibility index (Phi) is 1.22. The zero-order valence-corrected chi connectivity index (χ0v) is 4.92. The Morgan fingerprint density at radius 3 is 2.78 bits per heavy atom. The van der Waals surface area contributed by atoms with Crippen LogP contribution in [0.15, 0.2) is 10.7 Å². The lowest BCUT2D eigenvalue weighted by Crippen LogP contribution is -1.94. The number of nitrogen functional groups attached to an aromatic ring is 1. The largest absolute Gasteiger partial charge is 0.367 e. The van der Waals surface area contributed by atoms with Gasteiger partial charge in [0.1, 0.15) is 5.56 Å². The molecule has 1 aromatic rings. The summed E-state index contributed by atoms with van der Waals surface area (Å²) in [6, 6.07) is 0. The molecule has 0 unspecified atom stereocenters. The Morgan fingerprint density at radius 2 is 2.56 bits per heavy atom. The monoisotopic (exact) mass is 126 g/mol. The van der Waals surface area contributed by atoms with Gasteiger partial charge in [-0.2, -0.15) is 0 Å². The molecule has 1 aromatic heterocycles. The van der Waals surface area contributed by atoms with Crippen LogP contribution in [0, 0.1) is 0 Å². The van der Waals surface area contributed by atoms with Gasteiger partial charge in [0.2, 0.25) is 5.88 Å². The number of carbonyl (C=O) groups excluding carboxylic acids is 1. The Morgan fingerprint density at radius 1 is 1.89 bits per heavy atom. The molecule has 0 aliphatic heterocycles. The molecule has 0 amide bonds. The van der Waals surface area contributed by atoms with E-state index in [0.29, 0.717) is 5.56 Å². The second-order valence-corrected chi connectivity index (χ2v) is 1.66. The van der Waals surface area contributed by atoms with E-state index in [1.165, 1.54) is 13.1 Å². The van der Waals surface area contributed by atoms with Crippen LogP contribution in [-0.2, 0) is 0 Å². The van der Waals surface area contributed by atoms with E-state index in [-0.39, 0.29) is 11.7 Å². The lowest BCUT2D eigenvalue weighted by Gasteiger charge is -1.84. The van der Waals surface area contributed by atoms with E-state index in [1.807, 2.05) is 0 Å². The van der Waals surface area contributed by atoms with Crippen molar-refractivity contribution in [3.8, 4) is 0 Å². The summed E-state index contributed by atoms with van der Waals surface area (Å²) in [6.45, 7) is 1.41. The molecule has 0 bridgehead atoms. The predicted octanol–water partition coefficient (Wildman–Crippen LogP) is 0.459. The smallest absolute Gasteiger partial charge is 0.232 e. The molecule has 1 heterocycles. The van der Waals surface area contributed by atoms with Crippen LogP contribution >= 0.6 is 0 Å². The normalized spacial score (nSPS) is 9.44. The molecule has 0 saturated heterocycles. The highest BCUT2D eigenvalue weighted by atomic mass is 16.5. The zero-order valence-electron chi connectivity index (χ0n) is 4.92. The second-order valence-electron chi connectivity index (χ2n) is 1.66. The van der Waals surface area contributed by atoms with Crippen molar-refractivity contribution in [2.75, 3.05) is 5.73 Å². The maximum atomic E-state index is 10.5. The molecular weight excluding hydrogens is 120 g/mol. The van der Waals surface area contributed by atoms with Gasteiger partial charge >= 0.3 is 0 Å². The van der Waals surface area contributed by atoms with Crippen molar-refractivity contribution in [2.24, 2.45) is 0 Å². The van der Waals surface area contributed by atoms with Gasteiger partial charge in [0.05, 0.1) is 6.20 Å². The number of carbonyl (C=O) groups is 1. The van der Waals surface area contributed by atoms with E-state index in [0.717, 1.165) is 0 Å².